The standard InChI is InChI=1S/C57H78O13S2/c1-9-10-11-12-13-14-15-16-17-18-19-20-21-22-23-24-33-69-54(60)31-34-71-72-35-32-55(61)70-48-30-27-42(37-49(48)62-2)36-45(46(58)28-25-43-38-50(63-3)56(67-7)51(39-43)64-4)47(59)29-26-44-40-52(65-5)57(68-8)53(41-44)66-6/h16-17,25-30,37-41,45H,9-15,18-24,31-36H2,1-8H3/b17-16+,28-25+,29-26+. The lowest BCUT2D eigenvalue weighted by Crippen LogP contribution is -2.23. The van der Waals surface area contributed by atoms with Gasteiger partial charge >= 0.3 is 11.9 Å². The molecule has 0 aromatic heterocycles. The van der Waals surface area contributed by atoms with E-state index < -0.39 is 23.5 Å². The van der Waals surface area contributed by atoms with Crippen LogP contribution in [0.3, 0.4) is 0 Å². The van der Waals surface area contributed by atoms with Gasteiger partial charge < -0.3 is 42.6 Å². The Bertz CT molecular complexity index is 2070. The van der Waals surface area contributed by atoms with Crippen LogP contribution in [-0.4, -0.2) is 91.4 Å². The van der Waals surface area contributed by atoms with Crippen LogP contribution in [0.4, 0.5) is 0 Å². The van der Waals surface area contributed by atoms with E-state index in [2.05, 4.69) is 19.1 Å². The molecule has 15 heteroatoms. The zero-order chi connectivity index (χ0) is 52.4. The molecule has 13 nitrogen and oxygen atoms in total. The number of esters is 2. The fourth-order valence-corrected chi connectivity index (χ4v) is 9.58. The van der Waals surface area contributed by atoms with Gasteiger partial charge in [-0.2, -0.15) is 0 Å². The molecule has 0 atom stereocenters. The van der Waals surface area contributed by atoms with Gasteiger partial charge in [-0.3, -0.25) is 19.2 Å². The van der Waals surface area contributed by atoms with E-state index in [0.717, 1.165) is 19.3 Å². The van der Waals surface area contributed by atoms with Gasteiger partial charge in [0.05, 0.1) is 75.1 Å². The van der Waals surface area contributed by atoms with Crippen LogP contribution in [0.25, 0.3) is 12.2 Å². The molecule has 0 saturated heterocycles. The Morgan fingerprint density at radius 1 is 0.500 bits per heavy atom. The van der Waals surface area contributed by atoms with Crippen LogP contribution >= 0.6 is 21.6 Å². The summed E-state index contributed by atoms with van der Waals surface area (Å²) in [5, 5.41) is 0. The molecule has 0 unspecified atom stereocenters. The first-order valence-corrected chi connectivity index (χ1v) is 27.5. The first-order valence-electron chi connectivity index (χ1n) is 25.0. The van der Waals surface area contributed by atoms with Gasteiger partial charge in [-0.25, -0.2) is 0 Å². The lowest BCUT2D eigenvalue weighted by Gasteiger charge is -2.15. The second-order valence-corrected chi connectivity index (χ2v) is 19.6. The molecule has 3 rings (SSSR count). The summed E-state index contributed by atoms with van der Waals surface area (Å²) < 4.78 is 49.4. The van der Waals surface area contributed by atoms with Crippen molar-refractivity contribution in [2.45, 2.75) is 116 Å². The lowest BCUT2D eigenvalue weighted by molar-refractivity contribution is -0.143. The van der Waals surface area contributed by atoms with Crippen molar-refractivity contribution in [3.05, 3.63) is 83.5 Å². The summed E-state index contributed by atoms with van der Waals surface area (Å²) in [7, 11) is 13.4. The van der Waals surface area contributed by atoms with Crippen molar-refractivity contribution in [1.82, 2.24) is 0 Å². The zero-order valence-electron chi connectivity index (χ0n) is 43.8. The summed E-state index contributed by atoms with van der Waals surface area (Å²) >= 11 is 0. The van der Waals surface area contributed by atoms with Crippen LogP contribution < -0.4 is 37.9 Å². The third kappa shape index (κ3) is 22.5. The number of ketones is 2. The number of benzene rings is 3. The number of rotatable bonds is 39. The Morgan fingerprint density at radius 3 is 1.40 bits per heavy atom. The number of ether oxygens (including phenoxy) is 9. The van der Waals surface area contributed by atoms with Gasteiger partial charge in [0.25, 0.3) is 0 Å². The van der Waals surface area contributed by atoms with Crippen molar-refractivity contribution in [3.63, 3.8) is 0 Å². The molecule has 0 aliphatic heterocycles. The van der Waals surface area contributed by atoms with Crippen molar-refractivity contribution in [3.8, 4) is 46.0 Å². The monoisotopic (exact) mass is 1030 g/mol. The van der Waals surface area contributed by atoms with E-state index in [9.17, 15) is 19.2 Å². The molecule has 0 heterocycles. The number of unbranched alkanes of at least 4 members (excludes halogenated alkanes) is 12. The normalized spacial score (nSPS) is 11.3. The molecule has 72 heavy (non-hydrogen) atoms. The SMILES string of the molecule is CCCCCCCC/C=C/CCCCCCCCOC(=O)CCSSCCC(=O)Oc1ccc(CC(C(=O)/C=C/c2cc(OC)c(OC)c(OC)c2)C(=O)/C=C/c2cc(OC)c(OC)c(OC)c2)cc1OC. The largest absolute Gasteiger partial charge is 0.493 e. The number of carbonyl (C=O) groups excluding carboxylic acids is 4. The van der Waals surface area contributed by atoms with Crippen LogP contribution in [0.2, 0.25) is 0 Å². The van der Waals surface area contributed by atoms with Crippen molar-refractivity contribution >= 4 is 57.2 Å². The van der Waals surface area contributed by atoms with E-state index in [-0.39, 0.29) is 30.3 Å². The van der Waals surface area contributed by atoms with Gasteiger partial charge in [-0.05, 0) is 104 Å². The van der Waals surface area contributed by atoms with Crippen molar-refractivity contribution < 1.29 is 61.8 Å². The van der Waals surface area contributed by atoms with Crippen LogP contribution in [-0.2, 0) is 30.3 Å². The highest BCUT2D eigenvalue weighted by molar-refractivity contribution is 8.76. The fraction of sp³-hybridized carbons (Fsp3) is 0.509. The van der Waals surface area contributed by atoms with Crippen molar-refractivity contribution in [2.24, 2.45) is 5.92 Å². The summed E-state index contributed by atoms with van der Waals surface area (Å²) in [6.07, 6.45) is 28.2. The predicted molar refractivity (Wildman–Crippen MR) is 291 cm³/mol. The molecule has 0 aliphatic carbocycles. The Balaban J connectivity index is 1.49. The molecule has 3 aromatic carbocycles. The second kappa shape index (κ2) is 36.4. The quantitative estimate of drug-likeness (QED) is 0.0101. The zero-order valence-corrected chi connectivity index (χ0v) is 45.5. The highest BCUT2D eigenvalue weighted by Gasteiger charge is 2.25. The first-order chi connectivity index (χ1) is 35.0. The van der Waals surface area contributed by atoms with E-state index in [1.807, 2.05) is 0 Å². The lowest BCUT2D eigenvalue weighted by atomic mass is 9.90. The van der Waals surface area contributed by atoms with Crippen LogP contribution in [0, 0.1) is 5.92 Å². The van der Waals surface area contributed by atoms with Gasteiger partial charge in [0, 0.05) is 11.5 Å². The Kier molecular flexibility index (Phi) is 30.7. The minimum Gasteiger partial charge on any atom is -0.493 e. The topological polar surface area (TPSA) is 151 Å². The highest BCUT2D eigenvalue weighted by atomic mass is 33.1. The van der Waals surface area contributed by atoms with E-state index in [1.165, 1.54) is 154 Å². The van der Waals surface area contributed by atoms with E-state index in [4.69, 9.17) is 42.6 Å². The molecule has 396 valence electrons. The van der Waals surface area contributed by atoms with Crippen molar-refractivity contribution in [2.75, 3.05) is 67.9 Å². The molecular weight excluding hydrogens is 957 g/mol. The number of methoxy groups -OCH3 is 7. The van der Waals surface area contributed by atoms with Crippen LogP contribution in [0.5, 0.6) is 46.0 Å². The summed E-state index contributed by atoms with van der Waals surface area (Å²) in [5.74, 6) is 1.18. The van der Waals surface area contributed by atoms with Crippen LogP contribution in [0.1, 0.15) is 126 Å². The molecule has 0 N–H and O–H groups in total. The molecule has 0 spiro atoms. The molecule has 0 radical (unpaired) electrons. The van der Waals surface area contributed by atoms with Crippen molar-refractivity contribution in [1.29, 1.82) is 0 Å². The number of carbonyl (C=O) groups is 4. The Morgan fingerprint density at radius 2 is 0.944 bits per heavy atom. The Labute approximate surface area is 436 Å². The average molecular weight is 1040 g/mol. The second-order valence-electron chi connectivity index (χ2n) is 16.9. The highest BCUT2D eigenvalue weighted by Crippen LogP contribution is 2.40. The number of hydrogen-bond acceptors (Lipinski definition) is 15. The van der Waals surface area contributed by atoms with Gasteiger partial charge in [0.2, 0.25) is 11.5 Å². The van der Waals surface area contributed by atoms with Gasteiger partial charge in [0.15, 0.2) is 46.1 Å². The van der Waals surface area contributed by atoms with Crippen LogP contribution in [0.15, 0.2) is 66.8 Å². The summed E-state index contributed by atoms with van der Waals surface area (Å²) in [4.78, 5) is 53.1. The summed E-state index contributed by atoms with van der Waals surface area (Å²) in [5.41, 5.74) is 1.75. The maximum Gasteiger partial charge on any atom is 0.312 e. The predicted octanol–water partition coefficient (Wildman–Crippen LogP) is 13.1. The molecule has 0 bridgehead atoms. The third-order valence-electron chi connectivity index (χ3n) is 11.6. The summed E-state index contributed by atoms with van der Waals surface area (Å²) in [6, 6.07) is 11.7. The smallest absolute Gasteiger partial charge is 0.312 e. The average Bonchev–Trinajstić information content (AvgIpc) is 3.39. The molecular formula is C57H78O13S2. The van der Waals surface area contributed by atoms with Gasteiger partial charge in [0.1, 0.15) is 0 Å². The molecule has 0 saturated carbocycles. The maximum absolute atomic E-state index is 14.0. The van der Waals surface area contributed by atoms with E-state index in [0.29, 0.717) is 75.7 Å². The molecule has 0 aliphatic rings. The molecule has 0 fully saturated rings. The maximum atomic E-state index is 14.0. The van der Waals surface area contributed by atoms with Gasteiger partial charge in [-0.1, -0.05) is 117 Å². The van der Waals surface area contributed by atoms with Gasteiger partial charge in [-0.15, -0.1) is 0 Å². The first kappa shape index (κ1) is 60.8. The number of allylic oxidation sites excluding steroid dienone is 4. The third-order valence-corrected chi connectivity index (χ3v) is 14.0. The fourth-order valence-electron chi connectivity index (χ4n) is 7.63. The minimum absolute atomic E-state index is 0.000699. The van der Waals surface area contributed by atoms with E-state index in [1.54, 1.807) is 54.6 Å². The molecule has 3 aromatic rings. The Hall–Kier alpha value is -5.54. The summed E-state index contributed by atoms with van der Waals surface area (Å²) in [6.45, 7) is 2.71. The minimum atomic E-state index is -1.15. The molecule has 0 amide bonds. The number of hydrogen-bond donors (Lipinski definition) is 0. The van der Waals surface area contributed by atoms with E-state index >= 15 is 0 Å².